The largest absolute Gasteiger partial charge is 0.351 e. The molecule has 0 saturated carbocycles. The number of nitrogens with one attached hydrogen (secondary N) is 2. The third-order valence-corrected chi connectivity index (χ3v) is 8.08. The van der Waals surface area contributed by atoms with Gasteiger partial charge in [0.05, 0.1) is 21.7 Å². The highest BCUT2D eigenvalue weighted by atomic mass is 32.2. The van der Waals surface area contributed by atoms with Crippen LogP contribution in [0.5, 0.6) is 0 Å². The molecule has 0 unspecified atom stereocenters. The SMILES string of the molecule is CC(C)[C@@H](NC(=O)c1ccc2nc(-n3cccc3)sc2c1)C(=O)N[C@@H]1CCS(=O)(=O)C1. The van der Waals surface area contributed by atoms with E-state index in [2.05, 4.69) is 15.6 Å². The second kappa shape index (κ2) is 8.43. The van der Waals surface area contributed by atoms with Crippen LogP contribution in [0, 0.1) is 5.92 Å². The van der Waals surface area contributed by atoms with Crippen molar-refractivity contribution in [2.75, 3.05) is 11.5 Å². The van der Waals surface area contributed by atoms with Crippen LogP contribution in [0.25, 0.3) is 15.3 Å². The molecule has 31 heavy (non-hydrogen) atoms. The summed E-state index contributed by atoms with van der Waals surface area (Å²) in [5.41, 5.74) is 1.24. The lowest BCUT2D eigenvalue weighted by atomic mass is 10.0. The number of carbonyl (C=O) groups excluding carboxylic acids is 2. The predicted octanol–water partition coefficient (Wildman–Crippen LogP) is 2.14. The Balaban J connectivity index is 1.48. The molecule has 10 heteroatoms. The van der Waals surface area contributed by atoms with E-state index < -0.39 is 21.9 Å². The van der Waals surface area contributed by atoms with E-state index in [-0.39, 0.29) is 29.2 Å². The minimum atomic E-state index is -3.10. The first kappa shape index (κ1) is 21.5. The highest BCUT2D eigenvalue weighted by Crippen LogP contribution is 2.26. The van der Waals surface area contributed by atoms with E-state index in [1.165, 1.54) is 11.3 Å². The molecule has 1 aromatic carbocycles. The fraction of sp³-hybridized carbons (Fsp3) is 0.381. The van der Waals surface area contributed by atoms with Gasteiger partial charge in [-0.3, -0.25) is 9.59 Å². The second-order valence-corrected chi connectivity index (χ2v) is 11.3. The maximum atomic E-state index is 12.9. The zero-order valence-electron chi connectivity index (χ0n) is 17.2. The number of carbonyl (C=O) groups is 2. The molecule has 4 rings (SSSR count). The number of rotatable bonds is 6. The molecule has 8 nitrogen and oxygen atoms in total. The molecule has 2 amide bonds. The topological polar surface area (TPSA) is 110 Å². The third kappa shape index (κ3) is 4.80. The Kier molecular flexibility index (Phi) is 5.85. The molecular formula is C21H24N4O4S2. The average molecular weight is 461 g/mol. The van der Waals surface area contributed by atoms with Crippen LogP contribution in [-0.4, -0.2) is 53.4 Å². The molecule has 1 saturated heterocycles. The molecule has 0 spiro atoms. The van der Waals surface area contributed by atoms with Crippen molar-refractivity contribution in [2.45, 2.75) is 32.4 Å². The fourth-order valence-corrected chi connectivity index (χ4v) is 6.23. The average Bonchev–Trinajstić information content (AvgIpc) is 3.44. The van der Waals surface area contributed by atoms with Crippen molar-refractivity contribution in [3.63, 3.8) is 0 Å². The maximum absolute atomic E-state index is 12.9. The number of fused-ring (bicyclic) bond motifs is 1. The molecule has 1 aliphatic heterocycles. The molecule has 2 N–H and O–H groups in total. The van der Waals surface area contributed by atoms with Gasteiger partial charge in [0.2, 0.25) is 5.91 Å². The fourth-order valence-electron chi connectivity index (χ4n) is 3.59. The summed E-state index contributed by atoms with van der Waals surface area (Å²) in [6.07, 6.45) is 4.22. The Morgan fingerprint density at radius 1 is 1.23 bits per heavy atom. The van der Waals surface area contributed by atoms with Gasteiger partial charge in [-0.05, 0) is 42.7 Å². The molecule has 164 valence electrons. The van der Waals surface area contributed by atoms with Crippen LogP contribution in [0.4, 0.5) is 0 Å². The quantitative estimate of drug-likeness (QED) is 0.586. The van der Waals surface area contributed by atoms with Crippen LogP contribution in [0.3, 0.4) is 0 Å². The molecule has 1 fully saturated rings. The molecule has 2 aromatic heterocycles. The summed E-state index contributed by atoms with van der Waals surface area (Å²) in [5, 5.41) is 6.39. The van der Waals surface area contributed by atoms with Crippen LogP contribution >= 0.6 is 11.3 Å². The van der Waals surface area contributed by atoms with Gasteiger partial charge in [0.1, 0.15) is 6.04 Å². The normalized spacial score (nSPS) is 18.9. The van der Waals surface area contributed by atoms with Gasteiger partial charge in [0.15, 0.2) is 15.0 Å². The van der Waals surface area contributed by atoms with Crippen LogP contribution in [0.2, 0.25) is 0 Å². The molecule has 2 atom stereocenters. The molecule has 0 aliphatic carbocycles. The van der Waals surface area contributed by atoms with E-state index in [4.69, 9.17) is 0 Å². The van der Waals surface area contributed by atoms with Gasteiger partial charge < -0.3 is 15.2 Å². The third-order valence-electron chi connectivity index (χ3n) is 5.28. The monoisotopic (exact) mass is 460 g/mol. The van der Waals surface area contributed by atoms with Crippen molar-refractivity contribution < 1.29 is 18.0 Å². The Bertz CT molecular complexity index is 1220. The summed E-state index contributed by atoms with van der Waals surface area (Å²) in [7, 11) is -3.10. The molecule has 3 aromatic rings. The van der Waals surface area contributed by atoms with Crippen LogP contribution < -0.4 is 10.6 Å². The van der Waals surface area contributed by atoms with E-state index in [0.29, 0.717) is 12.0 Å². The van der Waals surface area contributed by atoms with Crippen molar-refractivity contribution in [1.29, 1.82) is 0 Å². The van der Waals surface area contributed by atoms with Crippen molar-refractivity contribution in [3.05, 3.63) is 48.3 Å². The van der Waals surface area contributed by atoms with Crippen molar-refractivity contribution in [3.8, 4) is 5.13 Å². The van der Waals surface area contributed by atoms with Crippen molar-refractivity contribution in [2.24, 2.45) is 5.92 Å². The highest BCUT2D eigenvalue weighted by Gasteiger charge is 2.32. The lowest BCUT2D eigenvalue weighted by Gasteiger charge is -2.23. The Labute approximate surface area is 184 Å². The van der Waals surface area contributed by atoms with Gasteiger partial charge in [0.25, 0.3) is 5.91 Å². The molecular weight excluding hydrogens is 436 g/mol. The molecule has 1 aliphatic rings. The predicted molar refractivity (Wildman–Crippen MR) is 120 cm³/mol. The van der Waals surface area contributed by atoms with E-state index in [1.807, 2.05) is 42.9 Å². The van der Waals surface area contributed by atoms with E-state index in [1.54, 1.807) is 18.2 Å². The van der Waals surface area contributed by atoms with Gasteiger partial charge in [-0.1, -0.05) is 25.2 Å². The van der Waals surface area contributed by atoms with E-state index in [0.717, 1.165) is 15.3 Å². The van der Waals surface area contributed by atoms with Crippen LogP contribution in [0.1, 0.15) is 30.6 Å². The number of amides is 2. The number of nitrogens with zero attached hydrogens (tertiary/aromatic N) is 2. The summed E-state index contributed by atoms with van der Waals surface area (Å²) >= 11 is 1.47. The number of benzene rings is 1. The summed E-state index contributed by atoms with van der Waals surface area (Å²) in [6.45, 7) is 3.68. The van der Waals surface area contributed by atoms with Crippen molar-refractivity contribution >= 4 is 43.2 Å². The number of hydrogen-bond acceptors (Lipinski definition) is 6. The first-order valence-electron chi connectivity index (χ1n) is 10.1. The zero-order valence-corrected chi connectivity index (χ0v) is 18.9. The Morgan fingerprint density at radius 2 is 1.97 bits per heavy atom. The van der Waals surface area contributed by atoms with Crippen LogP contribution in [0.15, 0.2) is 42.7 Å². The van der Waals surface area contributed by atoms with Gasteiger partial charge >= 0.3 is 0 Å². The number of aromatic nitrogens is 2. The summed E-state index contributed by atoms with van der Waals surface area (Å²) in [4.78, 5) is 30.2. The van der Waals surface area contributed by atoms with E-state index in [9.17, 15) is 18.0 Å². The maximum Gasteiger partial charge on any atom is 0.251 e. The summed E-state index contributed by atoms with van der Waals surface area (Å²) in [5.74, 6) is -0.848. The number of sulfone groups is 1. The minimum absolute atomic E-state index is 0.0523. The van der Waals surface area contributed by atoms with Gasteiger partial charge in [-0.2, -0.15) is 0 Å². The first-order chi connectivity index (χ1) is 14.7. The van der Waals surface area contributed by atoms with Gasteiger partial charge in [0, 0.05) is 24.0 Å². The van der Waals surface area contributed by atoms with Gasteiger partial charge in [-0.25, -0.2) is 13.4 Å². The Hall–Kier alpha value is -2.72. The number of hydrogen-bond donors (Lipinski definition) is 2. The molecule has 3 heterocycles. The van der Waals surface area contributed by atoms with E-state index >= 15 is 0 Å². The highest BCUT2D eigenvalue weighted by molar-refractivity contribution is 7.91. The summed E-state index contributed by atoms with van der Waals surface area (Å²) in [6, 6.07) is 7.93. The first-order valence-corrected chi connectivity index (χ1v) is 12.7. The minimum Gasteiger partial charge on any atom is -0.351 e. The zero-order chi connectivity index (χ0) is 22.2. The lowest BCUT2D eigenvalue weighted by molar-refractivity contribution is -0.124. The molecule has 0 bridgehead atoms. The Morgan fingerprint density at radius 3 is 2.61 bits per heavy atom. The second-order valence-electron chi connectivity index (χ2n) is 8.07. The standard InChI is InChI=1S/C21H24N4O4S2/c1-13(2)18(20(27)22-15-7-10-31(28,29)12-15)24-19(26)14-5-6-16-17(11-14)30-21(23-16)25-8-3-4-9-25/h3-6,8-9,11,13,15,18H,7,10,12H2,1-2H3,(H,22,27)(H,24,26)/t15-,18-/m1/s1. The number of thiazole rings is 1. The molecule has 0 radical (unpaired) electrons. The van der Waals surface area contributed by atoms with Crippen molar-refractivity contribution in [1.82, 2.24) is 20.2 Å². The summed E-state index contributed by atoms with van der Waals surface area (Å²) < 4.78 is 26.1. The van der Waals surface area contributed by atoms with Gasteiger partial charge in [-0.15, -0.1) is 0 Å². The lowest BCUT2D eigenvalue weighted by Crippen LogP contribution is -2.52. The smallest absolute Gasteiger partial charge is 0.251 e. The van der Waals surface area contributed by atoms with Crippen LogP contribution in [-0.2, 0) is 14.6 Å².